The van der Waals surface area contributed by atoms with E-state index in [9.17, 15) is 21.6 Å². The highest BCUT2D eigenvalue weighted by Gasteiger charge is 2.24. The van der Waals surface area contributed by atoms with Crippen LogP contribution < -0.4 is 10.0 Å². The number of pyridine rings is 1. The summed E-state index contributed by atoms with van der Waals surface area (Å²) in [5.74, 6) is -0.653. The summed E-state index contributed by atoms with van der Waals surface area (Å²) >= 11 is 11.9. The first-order valence-electron chi connectivity index (χ1n) is 11.9. The summed E-state index contributed by atoms with van der Waals surface area (Å²) in [5.41, 5.74) is 1.07. The van der Waals surface area contributed by atoms with Crippen molar-refractivity contribution in [2.45, 2.75) is 23.3 Å². The Balaban J connectivity index is 1.53. The molecule has 0 unspecified atom stereocenters. The lowest BCUT2D eigenvalue weighted by Gasteiger charge is -2.20. The molecule has 0 atom stereocenters. The van der Waals surface area contributed by atoms with E-state index in [-0.39, 0.29) is 39.2 Å². The lowest BCUT2D eigenvalue weighted by Crippen LogP contribution is -2.30. The zero-order valence-corrected chi connectivity index (χ0v) is 24.2. The molecule has 0 aliphatic heterocycles. The molecule has 13 heteroatoms. The van der Waals surface area contributed by atoms with E-state index in [1.54, 1.807) is 31.5 Å². The number of halogens is 2. The Kier molecular flexibility index (Phi) is 9.12. The SMILES string of the molecule is CCN(Cc1ccncc1)S(=O)(=O)c1ccc(NC(=O)c2cc(Cl)ccc2NS(=O)(=O)c2ccc(Cl)cc2)cc1. The van der Waals surface area contributed by atoms with Crippen LogP contribution in [0.3, 0.4) is 0 Å². The van der Waals surface area contributed by atoms with Crippen molar-refractivity contribution in [3.8, 4) is 0 Å². The highest BCUT2D eigenvalue weighted by Crippen LogP contribution is 2.26. The van der Waals surface area contributed by atoms with Crippen LogP contribution in [-0.4, -0.2) is 38.6 Å². The summed E-state index contributed by atoms with van der Waals surface area (Å²) in [7, 11) is -7.84. The molecule has 208 valence electrons. The minimum absolute atomic E-state index is 0.00532. The van der Waals surface area contributed by atoms with E-state index in [2.05, 4.69) is 15.0 Å². The second-order valence-corrected chi connectivity index (χ2v) is 13.0. The molecule has 0 bridgehead atoms. The number of nitrogens with zero attached hydrogens (tertiary/aromatic N) is 2. The lowest BCUT2D eigenvalue weighted by atomic mass is 10.1. The van der Waals surface area contributed by atoms with Gasteiger partial charge in [-0.25, -0.2) is 16.8 Å². The number of amides is 1. The molecular formula is C27H24Cl2N4O5S2. The predicted octanol–water partition coefficient (Wildman–Crippen LogP) is 5.65. The van der Waals surface area contributed by atoms with Gasteiger partial charge in [0.25, 0.3) is 15.9 Å². The van der Waals surface area contributed by atoms with Crippen LogP contribution in [-0.2, 0) is 26.6 Å². The third kappa shape index (κ3) is 6.98. The largest absolute Gasteiger partial charge is 0.322 e. The van der Waals surface area contributed by atoms with Crippen molar-refractivity contribution in [3.63, 3.8) is 0 Å². The third-order valence-corrected chi connectivity index (χ3v) is 9.61. The highest BCUT2D eigenvalue weighted by molar-refractivity contribution is 7.92. The zero-order valence-electron chi connectivity index (χ0n) is 21.1. The van der Waals surface area contributed by atoms with Crippen LogP contribution >= 0.6 is 23.2 Å². The van der Waals surface area contributed by atoms with Gasteiger partial charge in [-0.1, -0.05) is 30.1 Å². The van der Waals surface area contributed by atoms with Gasteiger partial charge in [0.05, 0.1) is 21.0 Å². The molecule has 4 aromatic rings. The van der Waals surface area contributed by atoms with Crippen LogP contribution in [0.4, 0.5) is 11.4 Å². The first-order valence-corrected chi connectivity index (χ1v) is 15.6. The topological polar surface area (TPSA) is 126 Å². The number of carbonyl (C=O) groups is 1. The second-order valence-electron chi connectivity index (χ2n) is 8.51. The minimum Gasteiger partial charge on any atom is -0.322 e. The van der Waals surface area contributed by atoms with Gasteiger partial charge < -0.3 is 5.32 Å². The Morgan fingerprint density at radius 2 is 1.43 bits per heavy atom. The average molecular weight is 620 g/mol. The van der Waals surface area contributed by atoms with E-state index in [4.69, 9.17) is 23.2 Å². The molecule has 0 aliphatic carbocycles. The standard InChI is InChI=1S/C27H24Cl2N4O5S2/c1-2-33(18-19-13-15-30-16-14-19)40(37,38)24-10-6-22(7-11-24)31-27(34)25-17-21(29)5-12-26(25)32-39(35,36)23-8-3-20(28)4-9-23/h3-17,32H,2,18H2,1H3,(H,31,34). The van der Waals surface area contributed by atoms with Gasteiger partial charge in [0, 0.05) is 41.2 Å². The molecule has 0 fully saturated rings. The Hall–Kier alpha value is -3.48. The quantitative estimate of drug-likeness (QED) is 0.236. The molecule has 4 rings (SSSR count). The molecule has 40 heavy (non-hydrogen) atoms. The molecule has 0 saturated heterocycles. The van der Waals surface area contributed by atoms with E-state index in [0.29, 0.717) is 10.7 Å². The summed E-state index contributed by atoms with van der Waals surface area (Å²) in [5, 5.41) is 3.25. The first kappa shape index (κ1) is 29.5. The number of hydrogen-bond acceptors (Lipinski definition) is 6. The number of benzene rings is 3. The van der Waals surface area contributed by atoms with Crippen LogP contribution in [0.25, 0.3) is 0 Å². The smallest absolute Gasteiger partial charge is 0.261 e. The first-order chi connectivity index (χ1) is 19.0. The summed E-state index contributed by atoms with van der Waals surface area (Å²) in [4.78, 5) is 17.1. The van der Waals surface area contributed by atoms with Gasteiger partial charge in [0.15, 0.2) is 0 Å². The normalized spacial score (nSPS) is 11.8. The van der Waals surface area contributed by atoms with Gasteiger partial charge in [-0.3, -0.25) is 14.5 Å². The molecule has 3 aromatic carbocycles. The van der Waals surface area contributed by atoms with E-state index in [1.165, 1.54) is 71.0 Å². The fourth-order valence-electron chi connectivity index (χ4n) is 3.73. The summed E-state index contributed by atoms with van der Waals surface area (Å²) < 4.78 is 55.9. The van der Waals surface area contributed by atoms with E-state index < -0.39 is 26.0 Å². The van der Waals surface area contributed by atoms with Gasteiger partial charge in [-0.2, -0.15) is 4.31 Å². The van der Waals surface area contributed by atoms with Crippen molar-refractivity contribution in [1.29, 1.82) is 0 Å². The maximum absolute atomic E-state index is 13.2. The van der Waals surface area contributed by atoms with Crippen molar-refractivity contribution < 1.29 is 21.6 Å². The van der Waals surface area contributed by atoms with Crippen molar-refractivity contribution in [1.82, 2.24) is 9.29 Å². The summed E-state index contributed by atoms with van der Waals surface area (Å²) in [6, 6.07) is 18.9. The average Bonchev–Trinajstić information content (AvgIpc) is 2.93. The fourth-order valence-corrected chi connectivity index (χ4v) is 6.54. The molecule has 0 spiro atoms. The Labute approximate surface area is 242 Å². The zero-order chi connectivity index (χ0) is 28.9. The molecule has 1 amide bonds. The van der Waals surface area contributed by atoms with Crippen molar-refractivity contribution >= 4 is 60.5 Å². The predicted molar refractivity (Wildman–Crippen MR) is 156 cm³/mol. The third-order valence-electron chi connectivity index (χ3n) is 5.81. The van der Waals surface area contributed by atoms with Crippen LogP contribution in [0.15, 0.2) is 101 Å². The van der Waals surface area contributed by atoms with Crippen LogP contribution in [0.1, 0.15) is 22.8 Å². The number of carbonyl (C=O) groups excluding carboxylic acids is 1. The van der Waals surface area contributed by atoms with Gasteiger partial charge in [-0.15, -0.1) is 0 Å². The van der Waals surface area contributed by atoms with Crippen molar-refractivity contribution in [2.24, 2.45) is 0 Å². The second kappa shape index (κ2) is 12.4. The maximum Gasteiger partial charge on any atom is 0.261 e. The van der Waals surface area contributed by atoms with Gasteiger partial charge in [0.2, 0.25) is 10.0 Å². The number of aromatic nitrogens is 1. The van der Waals surface area contributed by atoms with Gasteiger partial charge >= 0.3 is 0 Å². The van der Waals surface area contributed by atoms with E-state index >= 15 is 0 Å². The molecule has 0 radical (unpaired) electrons. The van der Waals surface area contributed by atoms with Crippen LogP contribution in [0.5, 0.6) is 0 Å². The Morgan fingerprint density at radius 1 is 0.825 bits per heavy atom. The van der Waals surface area contributed by atoms with E-state index in [0.717, 1.165) is 5.56 Å². The van der Waals surface area contributed by atoms with Gasteiger partial charge in [0.1, 0.15) is 0 Å². The monoisotopic (exact) mass is 618 g/mol. The van der Waals surface area contributed by atoms with Crippen molar-refractivity contribution in [3.05, 3.63) is 112 Å². The summed E-state index contributed by atoms with van der Waals surface area (Å²) in [6.45, 7) is 2.19. The number of sulfonamides is 2. The van der Waals surface area contributed by atoms with E-state index in [1.807, 2.05) is 0 Å². The minimum atomic E-state index is -4.03. The molecule has 0 saturated carbocycles. The Morgan fingerprint density at radius 3 is 2.05 bits per heavy atom. The summed E-state index contributed by atoms with van der Waals surface area (Å²) in [6.07, 6.45) is 3.20. The number of rotatable bonds is 10. The van der Waals surface area contributed by atoms with Crippen LogP contribution in [0, 0.1) is 0 Å². The molecule has 2 N–H and O–H groups in total. The fraction of sp³-hybridized carbons (Fsp3) is 0.111. The molecule has 9 nitrogen and oxygen atoms in total. The molecule has 0 aliphatic rings. The lowest BCUT2D eigenvalue weighted by molar-refractivity contribution is 0.102. The number of hydrogen-bond donors (Lipinski definition) is 2. The maximum atomic E-state index is 13.2. The number of anilines is 2. The van der Waals surface area contributed by atoms with Crippen LogP contribution in [0.2, 0.25) is 10.0 Å². The molecule has 1 aromatic heterocycles. The molecule has 1 heterocycles. The van der Waals surface area contributed by atoms with Crippen molar-refractivity contribution in [2.75, 3.05) is 16.6 Å². The highest BCUT2D eigenvalue weighted by atomic mass is 35.5. The Bertz CT molecular complexity index is 1720. The molecular weight excluding hydrogens is 595 g/mol. The number of nitrogens with one attached hydrogen (secondary N) is 2. The van der Waals surface area contributed by atoms with Gasteiger partial charge in [-0.05, 0) is 84.4 Å².